The maximum atomic E-state index is 14.4. The summed E-state index contributed by atoms with van der Waals surface area (Å²) < 4.78 is 14.4. The molecule has 0 bridgehead atoms. The highest BCUT2D eigenvalue weighted by atomic mass is 19.1. The largest absolute Gasteiger partial charge is 0.371 e. The Kier molecular flexibility index (Phi) is 5.90. The zero-order chi connectivity index (χ0) is 16.9. The van der Waals surface area contributed by atoms with Crippen molar-refractivity contribution in [3.05, 3.63) is 41.7 Å². The van der Waals surface area contributed by atoms with Crippen molar-refractivity contribution in [2.24, 2.45) is 0 Å². The molecule has 132 valence electrons. The molecule has 0 amide bonds. The third-order valence-electron chi connectivity index (χ3n) is 5.19. The van der Waals surface area contributed by atoms with E-state index in [-0.39, 0.29) is 5.82 Å². The average molecular weight is 331 g/mol. The Morgan fingerprint density at radius 1 is 1.21 bits per heavy atom. The van der Waals surface area contributed by atoms with Crippen molar-refractivity contribution in [2.75, 3.05) is 37.6 Å². The van der Waals surface area contributed by atoms with Gasteiger partial charge in [0.2, 0.25) is 0 Å². The van der Waals surface area contributed by atoms with E-state index >= 15 is 0 Å². The molecule has 0 aliphatic carbocycles. The number of benzene rings is 1. The highest BCUT2D eigenvalue weighted by Crippen LogP contribution is 2.27. The molecule has 0 aromatic heterocycles. The summed E-state index contributed by atoms with van der Waals surface area (Å²) in [5.41, 5.74) is 3.14. The number of rotatable bonds is 6. The number of nitrogens with zero attached hydrogens (tertiary/aromatic N) is 2. The van der Waals surface area contributed by atoms with Gasteiger partial charge in [0.15, 0.2) is 0 Å². The molecule has 0 spiro atoms. The van der Waals surface area contributed by atoms with Gasteiger partial charge in [-0.3, -0.25) is 4.90 Å². The summed E-state index contributed by atoms with van der Waals surface area (Å²) in [5.74, 6) is -0.0772. The second-order valence-corrected chi connectivity index (χ2v) is 7.32. The summed E-state index contributed by atoms with van der Waals surface area (Å²) in [5, 5.41) is 3.60. The maximum absolute atomic E-state index is 14.4. The fraction of sp³-hybridized carbons (Fsp3) is 0.600. The molecular weight excluding hydrogens is 301 g/mol. The molecule has 0 unspecified atom stereocenters. The molecule has 0 saturated carbocycles. The molecule has 2 saturated heterocycles. The van der Waals surface area contributed by atoms with Gasteiger partial charge in [-0.2, -0.15) is 0 Å². The van der Waals surface area contributed by atoms with Crippen LogP contribution in [0, 0.1) is 5.82 Å². The van der Waals surface area contributed by atoms with Gasteiger partial charge in [0.25, 0.3) is 0 Å². The Morgan fingerprint density at radius 3 is 2.58 bits per heavy atom. The van der Waals surface area contributed by atoms with E-state index in [4.69, 9.17) is 0 Å². The van der Waals surface area contributed by atoms with Crippen LogP contribution in [-0.2, 0) is 6.54 Å². The quantitative estimate of drug-likeness (QED) is 0.804. The van der Waals surface area contributed by atoms with E-state index in [0.717, 1.165) is 56.8 Å². The van der Waals surface area contributed by atoms with Gasteiger partial charge in [-0.25, -0.2) is 4.39 Å². The van der Waals surface area contributed by atoms with E-state index in [1.165, 1.54) is 18.4 Å². The van der Waals surface area contributed by atoms with E-state index in [9.17, 15) is 4.39 Å². The molecular formula is C20H30FN3. The van der Waals surface area contributed by atoms with Crippen molar-refractivity contribution in [2.45, 2.75) is 45.2 Å². The van der Waals surface area contributed by atoms with Crippen molar-refractivity contribution in [1.29, 1.82) is 0 Å². The Balaban J connectivity index is 1.56. The van der Waals surface area contributed by atoms with Gasteiger partial charge in [-0.05, 0) is 57.8 Å². The van der Waals surface area contributed by atoms with Gasteiger partial charge in [0.1, 0.15) is 5.82 Å². The van der Waals surface area contributed by atoms with Crippen molar-refractivity contribution >= 4 is 5.69 Å². The number of hydrogen-bond acceptors (Lipinski definition) is 3. The zero-order valence-electron chi connectivity index (χ0n) is 14.9. The summed E-state index contributed by atoms with van der Waals surface area (Å²) in [6.45, 7) is 12.0. The second kappa shape index (κ2) is 8.13. The number of nitrogens with one attached hydrogen (secondary N) is 1. The summed E-state index contributed by atoms with van der Waals surface area (Å²) in [4.78, 5) is 4.79. The SMILES string of the molecule is C=C(C)CN1CCC(NCc2c(F)cccc2N2CCCC2)CC1. The fourth-order valence-corrected chi connectivity index (χ4v) is 3.90. The Hall–Kier alpha value is -1.39. The van der Waals surface area contributed by atoms with E-state index < -0.39 is 0 Å². The molecule has 0 radical (unpaired) electrons. The van der Waals surface area contributed by atoms with Crippen LogP contribution in [-0.4, -0.2) is 43.7 Å². The summed E-state index contributed by atoms with van der Waals surface area (Å²) in [6.07, 6.45) is 4.68. The van der Waals surface area contributed by atoms with Crippen LogP contribution in [0.5, 0.6) is 0 Å². The van der Waals surface area contributed by atoms with Crippen molar-refractivity contribution in [3.63, 3.8) is 0 Å². The first kappa shape index (κ1) is 17.4. The predicted molar refractivity (Wildman–Crippen MR) is 99.0 cm³/mol. The first-order valence-corrected chi connectivity index (χ1v) is 9.26. The lowest BCUT2D eigenvalue weighted by Gasteiger charge is -2.33. The molecule has 2 fully saturated rings. The standard InChI is InChI=1S/C20H30FN3/c1-16(2)15-23-12-8-17(9-13-23)22-14-18-19(21)6-5-7-20(18)24-10-3-4-11-24/h5-7,17,22H,1,3-4,8-15H2,2H3. The summed E-state index contributed by atoms with van der Waals surface area (Å²) in [6, 6.07) is 5.98. The van der Waals surface area contributed by atoms with Crippen LogP contribution in [0.4, 0.5) is 10.1 Å². The molecule has 24 heavy (non-hydrogen) atoms. The van der Waals surface area contributed by atoms with Gasteiger partial charge >= 0.3 is 0 Å². The molecule has 3 rings (SSSR count). The lowest BCUT2D eigenvalue weighted by molar-refractivity contribution is 0.211. The number of anilines is 1. The van der Waals surface area contributed by atoms with Crippen LogP contribution in [0.3, 0.4) is 0 Å². The van der Waals surface area contributed by atoms with Crippen LogP contribution in [0.1, 0.15) is 38.2 Å². The molecule has 2 aliphatic heterocycles. The normalized spacial score (nSPS) is 19.8. The topological polar surface area (TPSA) is 18.5 Å². The first-order valence-electron chi connectivity index (χ1n) is 9.26. The van der Waals surface area contributed by atoms with Crippen LogP contribution in [0.25, 0.3) is 0 Å². The minimum atomic E-state index is -0.0772. The first-order chi connectivity index (χ1) is 11.6. The van der Waals surface area contributed by atoms with Gasteiger partial charge < -0.3 is 10.2 Å². The Bertz CT molecular complexity index is 558. The van der Waals surface area contributed by atoms with Gasteiger partial charge in [-0.1, -0.05) is 18.2 Å². The van der Waals surface area contributed by atoms with Crippen LogP contribution in [0.15, 0.2) is 30.4 Å². The van der Waals surface area contributed by atoms with Crippen LogP contribution >= 0.6 is 0 Å². The molecule has 3 nitrogen and oxygen atoms in total. The van der Waals surface area contributed by atoms with E-state index in [1.54, 1.807) is 6.07 Å². The van der Waals surface area contributed by atoms with E-state index in [2.05, 4.69) is 34.7 Å². The number of halogens is 1. The highest BCUT2D eigenvalue weighted by molar-refractivity contribution is 5.54. The summed E-state index contributed by atoms with van der Waals surface area (Å²) >= 11 is 0. The molecule has 0 atom stereocenters. The molecule has 4 heteroatoms. The molecule has 2 aliphatic rings. The maximum Gasteiger partial charge on any atom is 0.129 e. The summed E-state index contributed by atoms with van der Waals surface area (Å²) in [7, 11) is 0. The minimum Gasteiger partial charge on any atom is -0.371 e. The molecule has 1 aromatic carbocycles. The van der Waals surface area contributed by atoms with Crippen molar-refractivity contribution < 1.29 is 4.39 Å². The third-order valence-corrected chi connectivity index (χ3v) is 5.19. The second-order valence-electron chi connectivity index (χ2n) is 7.32. The Morgan fingerprint density at radius 2 is 1.92 bits per heavy atom. The lowest BCUT2D eigenvalue weighted by Crippen LogP contribution is -2.42. The lowest BCUT2D eigenvalue weighted by atomic mass is 10.0. The smallest absolute Gasteiger partial charge is 0.129 e. The van der Waals surface area contributed by atoms with E-state index in [1.807, 2.05) is 6.07 Å². The molecule has 1 N–H and O–H groups in total. The predicted octanol–water partition coefficient (Wildman–Crippen LogP) is 3.56. The van der Waals surface area contributed by atoms with Crippen LogP contribution < -0.4 is 10.2 Å². The van der Waals surface area contributed by atoms with Crippen LogP contribution in [0.2, 0.25) is 0 Å². The molecule has 1 aromatic rings. The number of piperidine rings is 1. The highest BCUT2D eigenvalue weighted by Gasteiger charge is 2.21. The van der Waals surface area contributed by atoms with Gasteiger partial charge in [0, 0.05) is 43.5 Å². The monoisotopic (exact) mass is 331 g/mol. The van der Waals surface area contributed by atoms with Gasteiger partial charge in [-0.15, -0.1) is 0 Å². The zero-order valence-corrected chi connectivity index (χ0v) is 14.9. The third kappa shape index (κ3) is 4.37. The fourth-order valence-electron chi connectivity index (χ4n) is 3.90. The Labute approximate surface area is 145 Å². The number of hydrogen-bond donors (Lipinski definition) is 1. The van der Waals surface area contributed by atoms with Crippen molar-refractivity contribution in [3.8, 4) is 0 Å². The van der Waals surface area contributed by atoms with E-state index in [0.29, 0.717) is 12.6 Å². The van der Waals surface area contributed by atoms with Crippen molar-refractivity contribution in [1.82, 2.24) is 10.2 Å². The minimum absolute atomic E-state index is 0.0772. The average Bonchev–Trinajstić information content (AvgIpc) is 3.09. The van der Waals surface area contributed by atoms with Gasteiger partial charge in [0.05, 0.1) is 0 Å². The molecule has 2 heterocycles. The number of likely N-dealkylation sites (tertiary alicyclic amines) is 1.